The summed E-state index contributed by atoms with van der Waals surface area (Å²) in [5.74, 6) is 1.91. The second kappa shape index (κ2) is 11.5. The number of hydrogen-bond donors (Lipinski definition) is 0. The number of aryl methyl sites for hydroxylation is 1. The molecule has 0 unspecified atom stereocenters. The predicted octanol–water partition coefficient (Wildman–Crippen LogP) is 5.84. The Balaban J connectivity index is 0.000000837. The van der Waals surface area contributed by atoms with Crippen LogP contribution in [0, 0.1) is 0 Å². The van der Waals surface area contributed by atoms with Crippen molar-refractivity contribution in [1.82, 2.24) is 0 Å². The van der Waals surface area contributed by atoms with Crippen LogP contribution in [0.15, 0.2) is 18.2 Å². The number of benzene rings is 2. The molecule has 0 atom stereocenters. The van der Waals surface area contributed by atoms with Gasteiger partial charge >= 0.3 is 5.97 Å². The van der Waals surface area contributed by atoms with Crippen LogP contribution in [0.5, 0.6) is 23.0 Å². The third-order valence-electron chi connectivity index (χ3n) is 4.84. The van der Waals surface area contributed by atoms with E-state index in [4.69, 9.17) is 23.7 Å². The first-order valence-electron chi connectivity index (χ1n) is 10.6. The van der Waals surface area contributed by atoms with Crippen LogP contribution >= 0.6 is 15.9 Å². The van der Waals surface area contributed by atoms with Crippen molar-refractivity contribution in [1.29, 1.82) is 0 Å². The monoisotopic (exact) mass is 508 g/mol. The van der Waals surface area contributed by atoms with Crippen molar-refractivity contribution in [2.75, 3.05) is 28.4 Å². The van der Waals surface area contributed by atoms with Gasteiger partial charge in [0.25, 0.3) is 0 Å². The molecule has 0 saturated heterocycles. The molecule has 0 N–H and O–H groups in total. The smallest absolute Gasteiger partial charge is 0.341 e. The van der Waals surface area contributed by atoms with Crippen molar-refractivity contribution in [3.05, 3.63) is 34.9 Å². The Labute approximate surface area is 199 Å². The maximum absolute atomic E-state index is 12.4. The van der Waals surface area contributed by atoms with Crippen molar-refractivity contribution >= 4 is 21.9 Å². The van der Waals surface area contributed by atoms with Crippen molar-refractivity contribution in [2.24, 2.45) is 0 Å². The van der Waals surface area contributed by atoms with E-state index in [0.29, 0.717) is 33.4 Å². The quantitative estimate of drug-likeness (QED) is 0.360. The third kappa shape index (κ3) is 5.68. The van der Waals surface area contributed by atoms with Gasteiger partial charge in [-0.25, -0.2) is 4.79 Å². The van der Waals surface area contributed by atoms with E-state index in [1.165, 1.54) is 7.11 Å². The van der Waals surface area contributed by atoms with Gasteiger partial charge < -0.3 is 23.7 Å². The van der Waals surface area contributed by atoms with Crippen LogP contribution in [0.25, 0.3) is 11.1 Å². The molecule has 0 bridgehead atoms. The number of halogens is 1. The summed E-state index contributed by atoms with van der Waals surface area (Å²) in [7, 11) is 6.17. The SMILES string of the molecule is CC(C)Br.COC(=O)c1cc2c(cc1OC(C)C)CCc1c-2cc(OC)c(OC)c1OC. The van der Waals surface area contributed by atoms with Crippen LogP contribution in [0.3, 0.4) is 0 Å². The van der Waals surface area contributed by atoms with Crippen molar-refractivity contribution in [2.45, 2.75) is 51.5 Å². The lowest BCUT2D eigenvalue weighted by Gasteiger charge is -2.26. The fourth-order valence-corrected chi connectivity index (χ4v) is 3.66. The van der Waals surface area contributed by atoms with Crippen LogP contribution in [-0.4, -0.2) is 45.3 Å². The van der Waals surface area contributed by atoms with Crippen LogP contribution in [-0.2, 0) is 17.6 Å². The van der Waals surface area contributed by atoms with E-state index in [9.17, 15) is 4.79 Å². The molecule has 0 saturated carbocycles. The molecule has 0 radical (unpaired) electrons. The van der Waals surface area contributed by atoms with E-state index in [-0.39, 0.29) is 6.10 Å². The number of alkyl halides is 1. The summed E-state index contributed by atoms with van der Waals surface area (Å²) >= 11 is 3.27. The first-order valence-corrected chi connectivity index (χ1v) is 11.5. The number of rotatable bonds is 6. The van der Waals surface area contributed by atoms with E-state index >= 15 is 0 Å². The highest BCUT2D eigenvalue weighted by molar-refractivity contribution is 9.09. The van der Waals surface area contributed by atoms with Crippen LogP contribution < -0.4 is 18.9 Å². The third-order valence-corrected chi connectivity index (χ3v) is 4.84. The van der Waals surface area contributed by atoms with Crippen molar-refractivity contribution < 1.29 is 28.5 Å². The molecule has 0 heterocycles. The summed E-state index contributed by atoms with van der Waals surface area (Å²) in [4.78, 5) is 13.0. The summed E-state index contributed by atoms with van der Waals surface area (Å²) in [5.41, 5.74) is 4.43. The molecule has 1 aliphatic carbocycles. The standard InChI is InChI=1S/C22H26O6.C3H7Br/c1-12(2)28-18-9-13-7-8-14-16(15(13)10-17(18)22(23)27-6)11-19(24-3)21(26-5)20(14)25-4;1-3(2)4/h9-12H,7-8H2,1-6H3;3H,1-2H3. The fraction of sp³-hybridized carbons (Fsp3) is 0.480. The Kier molecular flexibility index (Phi) is 9.25. The van der Waals surface area contributed by atoms with E-state index in [1.807, 2.05) is 32.0 Å². The predicted molar refractivity (Wildman–Crippen MR) is 130 cm³/mol. The molecule has 2 aromatic carbocycles. The topological polar surface area (TPSA) is 63.2 Å². The summed E-state index contributed by atoms with van der Waals surface area (Å²) in [5, 5.41) is 0. The molecule has 0 aromatic heterocycles. The fourth-order valence-electron chi connectivity index (χ4n) is 3.66. The molecule has 176 valence electrons. The summed E-state index contributed by atoms with van der Waals surface area (Å²) in [6, 6.07) is 5.70. The van der Waals surface area contributed by atoms with E-state index in [1.54, 1.807) is 21.3 Å². The van der Waals surface area contributed by atoms with Crippen molar-refractivity contribution in [3.8, 4) is 34.1 Å². The Morgan fingerprint density at radius 2 is 1.47 bits per heavy atom. The van der Waals surface area contributed by atoms with Gasteiger partial charge in [-0.3, -0.25) is 0 Å². The molecular weight excluding hydrogens is 476 g/mol. The first kappa shape index (κ1) is 25.8. The highest BCUT2D eigenvalue weighted by atomic mass is 79.9. The van der Waals surface area contributed by atoms with E-state index < -0.39 is 5.97 Å². The molecule has 3 rings (SSSR count). The van der Waals surface area contributed by atoms with Gasteiger partial charge in [-0.15, -0.1) is 0 Å². The molecule has 0 amide bonds. The molecule has 0 spiro atoms. The molecule has 32 heavy (non-hydrogen) atoms. The lowest BCUT2D eigenvalue weighted by molar-refractivity contribution is 0.0594. The number of ether oxygens (including phenoxy) is 5. The van der Waals surface area contributed by atoms with Gasteiger partial charge in [-0.2, -0.15) is 0 Å². The normalized spacial score (nSPS) is 11.7. The Morgan fingerprint density at radius 1 is 0.844 bits per heavy atom. The zero-order valence-corrected chi connectivity index (χ0v) is 21.7. The van der Waals surface area contributed by atoms with Gasteiger partial charge in [-0.05, 0) is 61.6 Å². The molecule has 0 fully saturated rings. The first-order chi connectivity index (χ1) is 15.2. The average Bonchev–Trinajstić information content (AvgIpc) is 2.75. The van der Waals surface area contributed by atoms with Crippen LogP contribution in [0.1, 0.15) is 49.2 Å². The zero-order chi connectivity index (χ0) is 24.0. The lowest BCUT2D eigenvalue weighted by Crippen LogP contribution is -2.14. The maximum atomic E-state index is 12.4. The van der Waals surface area contributed by atoms with Gasteiger partial charge in [0, 0.05) is 10.4 Å². The summed E-state index contributed by atoms with van der Waals surface area (Å²) < 4.78 is 27.5. The molecule has 2 aromatic rings. The second-order valence-electron chi connectivity index (χ2n) is 7.85. The summed E-state index contributed by atoms with van der Waals surface area (Å²) in [6.45, 7) is 8.02. The minimum absolute atomic E-state index is 0.0539. The number of fused-ring (bicyclic) bond motifs is 3. The number of methoxy groups -OCH3 is 4. The van der Waals surface area contributed by atoms with Crippen molar-refractivity contribution in [3.63, 3.8) is 0 Å². The number of esters is 1. The van der Waals surface area contributed by atoms with Crippen LogP contribution in [0.4, 0.5) is 0 Å². The van der Waals surface area contributed by atoms with Gasteiger partial charge in [-0.1, -0.05) is 29.8 Å². The molecule has 1 aliphatic rings. The van der Waals surface area contributed by atoms with Gasteiger partial charge in [0.05, 0.1) is 34.5 Å². The number of carbonyl (C=O) groups excluding carboxylic acids is 1. The van der Waals surface area contributed by atoms with E-state index in [0.717, 1.165) is 35.1 Å². The van der Waals surface area contributed by atoms with Gasteiger partial charge in [0.15, 0.2) is 11.5 Å². The van der Waals surface area contributed by atoms with E-state index in [2.05, 4.69) is 29.8 Å². The zero-order valence-electron chi connectivity index (χ0n) is 20.1. The highest BCUT2D eigenvalue weighted by Crippen LogP contribution is 2.49. The number of hydrogen-bond acceptors (Lipinski definition) is 6. The largest absolute Gasteiger partial charge is 0.493 e. The Hall–Kier alpha value is -2.41. The van der Waals surface area contributed by atoms with Gasteiger partial charge in [0.1, 0.15) is 11.3 Å². The van der Waals surface area contributed by atoms with Gasteiger partial charge in [0.2, 0.25) is 5.75 Å². The lowest BCUT2D eigenvalue weighted by atomic mass is 9.83. The molecular formula is C25H33BrO6. The minimum Gasteiger partial charge on any atom is -0.493 e. The Morgan fingerprint density at radius 3 is 1.97 bits per heavy atom. The van der Waals surface area contributed by atoms with Crippen LogP contribution in [0.2, 0.25) is 0 Å². The Bertz CT molecular complexity index is 949. The molecule has 0 aliphatic heterocycles. The average molecular weight is 509 g/mol. The minimum atomic E-state index is -0.432. The number of carbonyl (C=O) groups is 1. The summed E-state index contributed by atoms with van der Waals surface area (Å²) in [6.07, 6.45) is 1.52. The molecule has 7 heteroatoms. The maximum Gasteiger partial charge on any atom is 0.341 e. The molecule has 6 nitrogen and oxygen atoms in total. The highest BCUT2D eigenvalue weighted by Gasteiger charge is 2.28. The second-order valence-corrected chi connectivity index (χ2v) is 9.68.